The average molecular weight is 300 g/mol. The van der Waals surface area contributed by atoms with Crippen molar-refractivity contribution in [3.05, 3.63) is 34.3 Å². The highest BCUT2D eigenvalue weighted by molar-refractivity contribution is 9.10. The molecule has 0 radical (unpaired) electrons. The summed E-state index contributed by atoms with van der Waals surface area (Å²) in [5, 5.41) is 10.2. The minimum Gasteiger partial charge on any atom is -0.392 e. The van der Waals surface area contributed by atoms with Crippen molar-refractivity contribution in [1.29, 1.82) is 0 Å². The first-order valence-corrected chi connectivity index (χ1v) is 6.97. The molecule has 0 saturated carbocycles. The van der Waals surface area contributed by atoms with Crippen LogP contribution in [0, 0.1) is 5.92 Å². The van der Waals surface area contributed by atoms with Gasteiger partial charge in [-0.05, 0) is 36.5 Å². The number of nitrogens with two attached hydrogens (primary N) is 1. The zero-order chi connectivity index (χ0) is 12.8. The molecule has 0 fully saturated rings. The SMILES string of the molecule is CC(C)CCC(O)C(CN)c1cccc(Br)c1. The van der Waals surface area contributed by atoms with Crippen LogP contribution in [0.1, 0.15) is 38.2 Å². The fraction of sp³-hybridized carbons (Fsp3) is 0.571. The summed E-state index contributed by atoms with van der Waals surface area (Å²) in [4.78, 5) is 0. The molecule has 1 rings (SSSR count). The minimum atomic E-state index is -0.350. The monoisotopic (exact) mass is 299 g/mol. The van der Waals surface area contributed by atoms with E-state index in [0.717, 1.165) is 22.9 Å². The molecule has 0 aromatic heterocycles. The molecule has 0 aliphatic carbocycles. The van der Waals surface area contributed by atoms with Crippen molar-refractivity contribution >= 4 is 15.9 Å². The van der Waals surface area contributed by atoms with E-state index in [1.165, 1.54) is 0 Å². The number of aliphatic hydroxyl groups is 1. The molecule has 2 unspecified atom stereocenters. The van der Waals surface area contributed by atoms with E-state index < -0.39 is 0 Å². The van der Waals surface area contributed by atoms with Crippen LogP contribution in [0.5, 0.6) is 0 Å². The Hall–Kier alpha value is -0.380. The van der Waals surface area contributed by atoms with Crippen LogP contribution in [0.3, 0.4) is 0 Å². The van der Waals surface area contributed by atoms with E-state index in [9.17, 15) is 5.11 Å². The van der Waals surface area contributed by atoms with Crippen LogP contribution < -0.4 is 5.73 Å². The Balaban J connectivity index is 2.70. The summed E-state index contributed by atoms with van der Waals surface area (Å²) in [6, 6.07) is 8.03. The Morgan fingerprint density at radius 3 is 2.53 bits per heavy atom. The zero-order valence-corrected chi connectivity index (χ0v) is 12.2. The fourth-order valence-corrected chi connectivity index (χ4v) is 2.37. The summed E-state index contributed by atoms with van der Waals surface area (Å²) >= 11 is 3.45. The van der Waals surface area contributed by atoms with Gasteiger partial charge in [-0.1, -0.05) is 41.9 Å². The van der Waals surface area contributed by atoms with Gasteiger partial charge in [0.2, 0.25) is 0 Å². The van der Waals surface area contributed by atoms with Crippen LogP contribution in [0.4, 0.5) is 0 Å². The number of rotatable bonds is 6. The maximum absolute atomic E-state index is 10.2. The number of benzene rings is 1. The summed E-state index contributed by atoms with van der Waals surface area (Å²) in [7, 11) is 0. The minimum absolute atomic E-state index is 0.0336. The molecule has 3 N–H and O–H groups in total. The Kier molecular flexibility index (Phi) is 6.17. The summed E-state index contributed by atoms with van der Waals surface area (Å²) in [5.74, 6) is 0.650. The van der Waals surface area contributed by atoms with Crippen molar-refractivity contribution in [2.24, 2.45) is 11.7 Å². The lowest BCUT2D eigenvalue weighted by atomic mass is 9.89. The van der Waals surface area contributed by atoms with Gasteiger partial charge in [-0.3, -0.25) is 0 Å². The van der Waals surface area contributed by atoms with Gasteiger partial charge >= 0.3 is 0 Å². The third-order valence-corrected chi connectivity index (χ3v) is 3.53. The molecule has 96 valence electrons. The van der Waals surface area contributed by atoms with E-state index in [1.807, 2.05) is 24.3 Å². The van der Waals surface area contributed by atoms with Crippen molar-refractivity contribution in [2.45, 2.75) is 38.7 Å². The first kappa shape index (κ1) is 14.7. The summed E-state index contributed by atoms with van der Waals surface area (Å²) in [6.07, 6.45) is 1.49. The van der Waals surface area contributed by atoms with E-state index in [0.29, 0.717) is 12.5 Å². The zero-order valence-electron chi connectivity index (χ0n) is 10.6. The predicted octanol–water partition coefficient (Wildman–Crippen LogP) is 3.29. The highest BCUT2D eigenvalue weighted by atomic mass is 79.9. The number of halogens is 1. The highest BCUT2D eigenvalue weighted by Gasteiger charge is 2.19. The van der Waals surface area contributed by atoms with Crippen molar-refractivity contribution < 1.29 is 5.11 Å². The second kappa shape index (κ2) is 7.14. The van der Waals surface area contributed by atoms with Crippen molar-refractivity contribution in [2.75, 3.05) is 6.54 Å². The summed E-state index contributed by atoms with van der Waals surface area (Å²) in [6.45, 7) is 4.82. The molecule has 0 saturated heterocycles. The van der Waals surface area contributed by atoms with E-state index in [1.54, 1.807) is 0 Å². The molecular weight excluding hydrogens is 278 g/mol. The van der Waals surface area contributed by atoms with Crippen LogP contribution in [0.15, 0.2) is 28.7 Å². The van der Waals surface area contributed by atoms with Gasteiger partial charge < -0.3 is 10.8 Å². The molecule has 0 spiro atoms. The Morgan fingerprint density at radius 2 is 2.00 bits per heavy atom. The van der Waals surface area contributed by atoms with E-state index in [-0.39, 0.29) is 12.0 Å². The first-order valence-electron chi connectivity index (χ1n) is 6.18. The second-order valence-electron chi connectivity index (χ2n) is 4.94. The predicted molar refractivity (Wildman–Crippen MR) is 76.0 cm³/mol. The first-order chi connectivity index (χ1) is 8.04. The molecule has 2 atom stereocenters. The van der Waals surface area contributed by atoms with Gasteiger partial charge in [0.15, 0.2) is 0 Å². The van der Waals surface area contributed by atoms with Crippen LogP contribution in [-0.2, 0) is 0 Å². The average Bonchev–Trinajstić information content (AvgIpc) is 2.27. The third kappa shape index (κ3) is 4.78. The van der Waals surface area contributed by atoms with Crippen molar-refractivity contribution in [1.82, 2.24) is 0 Å². The standard InChI is InChI=1S/C14H22BrNO/c1-10(2)6-7-14(17)13(9-16)11-4-3-5-12(15)8-11/h3-5,8,10,13-14,17H,6-7,9,16H2,1-2H3. The molecular formula is C14H22BrNO. The second-order valence-corrected chi connectivity index (χ2v) is 5.85. The van der Waals surface area contributed by atoms with Gasteiger partial charge in [0.1, 0.15) is 0 Å². The van der Waals surface area contributed by atoms with E-state index in [2.05, 4.69) is 29.8 Å². The normalized spacial score (nSPS) is 14.9. The Bertz CT molecular complexity index is 341. The van der Waals surface area contributed by atoms with Gasteiger partial charge in [0, 0.05) is 16.9 Å². The van der Waals surface area contributed by atoms with Crippen molar-refractivity contribution in [3.8, 4) is 0 Å². The lowest BCUT2D eigenvalue weighted by Gasteiger charge is -2.22. The molecule has 2 nitrogen and oxygen atoms in total. The topological polar surface area (TPSA) is 46.2 Å². The summed E-state index contributed by atoms with van der Waals surface area (Å²) < 4.78 is 1.03. The van der Waals surface area contributed by atoms with Crippen molar-refractivity contribution in [3.63, 3.8) is 0 Å². The molecule has 1 aromatic rings. The highest BCUT2D eigenvalue weighted by Crippen LogP contribution is 2.25. The third-order valence-electron chi connectivity index (χ3n) is 3.04. The quantitative estimate of drug-likeness (QED) is 0.847. The van der Waals surface area contributed by atoms with Gasteiger partial charge in [-0.15, -0.1) is 0 Å². The lowest BCUT2D eigenvalue weighted by molar-refractivity contribution is 0.129. The molecule has 0 amide bonds. The maximum atomic E-state index is 10.2. The molecule has 0 heterocycles. The molecule has 0 aliphatic rings. The Labute approximate surface area is 112 Å². The smallest absolute Gasteiger partial charge is 0.0621 e. The Morgan fingerprint density at radius 1 is 1.29 bits per heavy atom. The number of aliphatic hydroxyl groups excluding tert-OH is 1. The van der Waals surface area contributed by atoms with Crippen LogP contribution in [0.25, 0.3) is 0 Å². The van der Waals surface area contributed by atoms with Gasteiger partial charge in [-0.25, -0.2) is 0 Å². The molecule has 3 heteroatoms. The molecule has 1 aromatic carbocycles. The maximum Gasteiger partial charge on any atom is 0.0621 e. The lowest BCUT2D eigenvalue weighted by Crippen LogP contribution is -2.26. The van der Waals surface area contributed by atoms with E-state index in [4.69, 9.17) is 5.73 Å². The van der Waals surface area contributed by atoms with Crippen LogP contribution in [0.2, 0.25) is 0 Å². The van der Waals surface area contributed by atoms with Gasteiger partial charge in [0.05, 0.1) is 6.10 Å². The largest absolute Gasteiger partial charge is 0.392 e. The number of hydrogen-bond acceptors (Lipinski definition) is 2. The number of hydrogen-bond donors (Lipinski definition) is 2. The fourth-order valence-electron chi connectivity index (χ4n) is 1.96. The molecule has 17 heavy (non-hydrogen) atoms. The summed E-state index contributed by atoms with van der Waals surface area (Å²) in [5.41, 5.74) is 6.90. The van der Waals surface area contributed by atoms with Crippen LogP contribution in [-0.4, -0.2) is 17.8 Å². The van der Waals surface area contributed by atoms with E-state index >= 15 is 0 Å². The van der Waals surface area contributed by atoms with Gasteiger partial charge in [0.25, 0.3) is 0 Å². The van der Waals surface area contributed by atoms with Crippen LogP contribution >= 0.6 is 15.9 Å². The van der Waals surface area contributed by atoms with Gasteiger partial charge in [-0.2, -0.15) is 0 Å². The molecule has 0 aliphatic heterocycles. The molecule has 0 bridgehead atoms.